The molecule has 0 aliphatic heterocycles. The maximum atomic E-state index is 12.5. The molecule has 0 aliphatic rings. The van der Waals surface area contributed by atoms with Crippen LogP contribution in [-0.4, -0.2) is 34.4 Å². The highest BCUT2D eigenvalue weighted by atomic mass is 16.2. The van der Waals surface area contributed by atoms with E-state index >= 15 is 0 Å². The van der Waals surface area contributed by atoms with Gasteiger partial charge >= 0.3 is 0 Å². The molecule has 5 nitrogen and oxygen atoms in total. The Kier molecular flexibility index (Phi) is 6.02. The van der Waals surface area contributed by atoms with Crippen LogP contribution in [0.25, 0.3) is 0 Å². The minimum absolute atomic E-state index is 0.00867. The van der Waals surface area contributed by atoms with Crippen LogP contribution in [0.15, 0.2) is 30.3 Å². The van der Waals surface area contributed by atoms with Crippen molar-refractivity contribution in [2.24, 2.45) is 0 Å². The zero-order chi connectivity index (χ0) is 18.6. The van der Waals surface area contributed by atoms with Gasteiger partial charge in [-0.1, -0.05) is 0 Å². The van der Waals surface area contributed by atoms with Crippen molar-refractivity contribution in [2.45, 2.75) is 41.2 Å². The first-order valence-electron chi connectivity index (χ1n) is 8.80. The zero-order valence-electron chi connectivity index (χ0n) is 15.7. The minimum atomic E-state index is -0.129. The van der Waals surface area contributed by atoms with Gasteiger partial charge in [0, 0.05) is 42.3 Å². The summed E-state index contributed by atoms with van der Waals surface area (Å²) in [6, 6.07) is 8.96. The summed E-state index contributed by atoms with van der Waals surface area (Å²) >= 11 is 0. The van der Waals surface area contributed by atoms with Gasteiger partial charge in [0.05, 0.1) is 5.56 Å². The summed E-state index contributed by atoms with van der Waals surface area (Å²) in [5, 5.41) is 2.91. The fraction of sp³-hybridized carbons (Fsp3) is 0.400. The van der Waals surface area contributed by atoms with Crippen molar-refractivity contribution >= 4 is 17.5 Å². The third-order valence-electron chi connectivity index (χ3n) is 4.57. The second-order valence-electron chi connectivity index (χ2n) is 6.04. The Morgan fingerprint density at radius 1 is 1.04 bits per heavy atom. The Bertz CT molecular complexity index is 756. The van der Waals surface area contributed by atoms with Crippen LogP contribution in [0.3, 0.4) is 0 Å². The maximum Gasteiger partial charge on any atom is 0.257 e. The number of nitrogens with zero attached hydrogens (tertiary/aromatic N) is 2. The molecule has 0 bridgehead atoms. The number of rotatable bonds is 6. The average molecular weight is 341 g/mol. The highest BCUT2D eigenvalue weighted by molar-refractivity contribution is 6.05. The molecular formula is C20H27N3O2. The molecule has 1 aromatic carbocycles. The second kappa shape index (κ2) is 8.01. The number of aromatic nitrogens is 1. The van der Waals surface area contributed by atoms with Gasteiger partial charge in [-0.05, 0) is 65.0 Å². The molecule has 0 unspecified atom stereocenters. The molecule has 2 aromatic rings. The molecule has 0 atom stereocenters. The lowest BCUT2D eigenvalue weighted by atomic mass is 10.1. The number of nitrogens with one attached hydrogen (secondary N) is 1. The van der Waals surface area contributed by atoms with Gasteiger partial charge in [-0.25, -0.2) is 0 Å². The van der Waals surface area contributed by atoms with Crippen LogP contribution in [0.2, 0.25) is 0 Å². The van der Waals surface area contributed by atoms with Crippen molar-refractivity contribution in [3.63, 3.8) is 0 Å². The Hall–Kier alpha value is -2.56. The molecule has 5 heteroatoms. The number of benzene rings is 1. The molecule has 2 rings (SSSR count). The van der Waals surface area contributed by atoms with Gasteiger partial charge in [0.25, 0.3) is 11.8 Å². The van der Waals surface area contributed by atoms with E-state index in [1.165, 1.54) is 0 Å². The van der Waals surface area contributed by atoms with E-state index in [1.54, 1.807) is 29.2 Å². The molecule has 134 valence electrons. The molecule has 0 spiro atoms. The summed E-state index contributed by atoms with van der Waals surface area (Å²) in [5.74, 6) is -0.120. The second-order valence-corrected chi connectivity index (χ2v) is 6.04. The first kappa shape index (κ1) is 18.8. The Labute approximate surface area is 149 Å². The van der Waals surface area contributed by atoms with E-state index < -0.39 is 0 Å². The van der Waals surface area contributed by atoms with Gasteiger partial charge in [0.15, 0.2) is 0 Å². The highest BCUT2D eigenvalue weighted by Crippen LogP contribution is 2.18. The van der Waals surface area contributed by atoms with Crippen LogP contribution in [0, 0.1) is 13.8 Å². The van der Waals surface area contributed by atoms with Gasteiger partial charge < -0.3 is 14.8 Å². The van der Waals surface area contributed by atoms with E-state index in [0.29, 0.717) is 29.9 Å². The predicted molar refractivity (Wildman–Crippen MR) is 101 cm³/mol. The van der Waals surface area contributed by atoms with Gasteiger partial charge in [0.2, 0.25) is 0 Å². The van der Waals surface area contributed by atoms with Crippen molar-refractivity contribution < 1.29 is 9.59 Å². The third-order valence-corrected chi connectivity index (χ3v) is 4.57. The van der Waals surface area contributed by atoms with E-state index in [9.17, 15) is 9.59 Å². The van der Waals surface area contributed by atoms with Crippen molar-refractivity contribution in [3.8, 4) is 0 Å². The molecule has 1 N–H and O–H groups in total. The molecule has 0 fully saturated rings. The van der Waals surface area contributed by atoms with E-state index in [4.69, 9.17) is 0 Å². The first-order chi connectivity index (χ1) is 11.9. The summed E-state index contributed by atoms with van der Waals surface area (Å²) in [4.78, 5) is 26.6. The van der Waals surface area contributed by atoms with Gasteiger partial charge in [-0.15, -0.1) is 0 Å². The van der Waals surface area contributed by atoms with Crippen LogP contribution in [0.5, 0.6) is 0 Å². The molecule has 0 saturated heterocycles. The third kappa shape index (κ3) is 3.92. The van der Waals surface area contributed by atoms with Crippen molar-refractivity contribution in [1.29, 1.82) is 0 Å². The fourth-order valence-electron chi connectivity index (χ4n) is 3.11. The molecule has 1 aromatic heterocycles. The molecule has 0 saturated carbocycles. The van der Waals surface area contributed by atoms with Crippen molar-refractivity contribution in [1.82, 2.24) is 9.47 Å². The monoisotopic (exact) mass is 341 g/mol. The lowest BCUT2D eigenvalue weighted by Crippen LogP contribution is -2.30. The largest absolute Gasteiger partial charge is 0.349 e. The summed E-state index contributed by atoms with van der Waals surface area (Å²) in [5.41, 5.74) is 4.03. The van der Waals surface area contributed by atoms with E-state index in [1.807, 2.05) is 33.8 Å². The van der Waals surface area contributed by atoms with Crippen LogP contribution < -0.4 is 5.32 Å². The number of carbonyl (C=O) groups excluding carboxylic acids is 2. The van der Waals surface area contributed by atoms with Crippen LogP contribution in [0.4, 0.5) is 5.69 Å². The number of carbonyl (C=O) groups is 2. The minimum Gasteiger partial charge on any atom is -0.349 e. The number of hydrogen-bond donors (Lipinski definition) is 1. The quantitative estimate of drug-likeness (QED) is 0.867. The smallest absolute Gasteiger partial charge is 0.257 e. The van der Waals surface area contributed by atoms with Crippen LogP contribution in [-0.2, 0) is 6.54 Å². The first-order valence-corrected chi connectivity index (χ1v) is 8.80. The summed E-state index contributed by atoms with van der Waals surface area (Å²) in [6.45, 7) is 12.1. The molecular weight excluding hydrogens is 314 g/mol. The number of anilines is 1. The average Bonchev–Trinajstić information content (AvgIpc) is 2.90. The molecule has 1 heterocycles. The van der Waals surface area contributed by atoms with E-state index in [2.05, 4.69) is 16.8 Å². The number of aryl methyl sites for hydroxylation is 1. The topological polar surface area (TPSA) is 54.3 Å². The van der Waals surface area contributed by atoms with Crippen molar-refractivity contribution in [2.75, 3.05) is 18.4 Å². The molecule has 0 radical (unpaired) electrons. The van der Waals surface area contributed by atoms with Crippen molar-refractivity contribution in [3.05, 3.63) is 52.8 Å². The van der Waals surface area contributed by atoms with Gasteiger partial charge in [-0.2, -0.15) is 0 Å². The molecule has 2 amide bonds. The lowest BCUT2D eigenvalue weighted by molar-refractivity contribution is 0.0773. The maximum absolute atomic E-state index is 12.5. The van der Waals surface area contributed by atoms with Crippen LogP contribution in [0.1, 0.15) is 52.9 Å². The number of hydrogen-bond acceptors (Lipinski definition) is 2. The fourth-order valence-corrected chi connectivity index (χ4v) is 3.11. The standard InChI is InChI=1S/C20H27N3O2/c1-6-22(7-2)20(25)16-9-11-17(12-10-16)21-19(24)18-13-14(4)23(8-3)15(18)5/h9-13H,6-8H2,1-5H3,(H,21,24). The summed E-state index contributed by atoms with van der Waals surface area (Å²) in [7, 11) is 0. The Morgan fingerprint density at radius 2 is 1.64 bits per heavy atom. The SMILES string of the molecule is CCN(CC)C(=O)c1ccc(NC(=O)c2cc(C)n(CC)c2C)cc1. The normalized spacial score (nSPS) is 10.6. The van der Waals surface area contributed by atoms with Gasteiger partial charge in [-0.3, -0.25) is 9.59 Å². The number of amides is 2. The molecule has 0 aliphatic carbocycles. The molecule has 25 heavy (non-hydrogen) atoms. The van der Waals surface area contributed by atoms with Gasteiger partial charge in [0.1, 0.15) is 0 Å². The Balaban J connectivity index is 2.14. The summed E-state index contributed by atoms with van der Waals surface area (Å²) in [6.07, 6.45) is 0. The lowest BCUT2D eigenvalue weighted by Gasteiger charge is -2.18. The highest BCUT2D eigenvalue weighted by Gasteiger charge is 2.16. The van der Waals surface area contributed by atoms with E-state index in [-0.39, 0.29) is 11.8 Å². The zero-order valence-corrected chi connectivity index (χ0v) is 15.7. The van der Waals surface area contributed by atoms with E-state index in [0.717, 1.165) is 17.9 Å². The predicted octanol–water partition coefficient (Wildman–Crippen LogP) is 3.86. The van der Waals surface area contributed by atoms with Crippen LogP contribution >= 0.6 is 0 Å². The Morgan fingerprint density at radius 3 is 2.12 bits per heavy atom. The summed E-state index contributed by atoms with van der Waals surface area (Å²) < 4.78 is 2.11.